The molecule has 26 heavy (non-hydrogen) atoms. The van der Waals surface area contributed by atoms with Crippen LogP contribution in [0.4, 0.5) is 10.5 Å². The fourth-order valence-electron chi connectivity index (χ4n) is 2.58. The van der Waals surface area contributed by atoms with Crippen LogP contribution in [0.1, 0.15) is 34.3 Å². The van der Waals surface area contributed by atoms with Gasteiger partial charge < -0.3 is 10.6 Å². The summed E-state index contributed by atoms with van der Waals surface area (Å²) in [6.07, 6.45) is 1.66. The summed E-state index contributed by atoms with van der Waals surface area (Å²) < 4.78 is 3.85. The molecule has 7 nitrogen and oxygen atoms in total. The molecule has 3 rings (SSSR count). The van der Waals surface area contributed by atoms with Crippen LogP contribution in [0.3, 0.4) is 0 Å². The largest absolute Gasteiger partial charge is 0.340 e. The van der Waals surface area contributed by atoms with Crippen LogP contribution < -0.4 is 15.5 Å². The summed E-state index contributed by atoms with van der Waals surface area (Å²) in [5.74, 6) is 5.75. The van der Waals surface area contributed by atoms with E-state index in [1.165, 1.54) is 0 Å². The number of carbonyl (C=O) groups is 2. The topological polar surface area (TPSA) is 87.2 Å². The molecule has 1 aliphatic rings. The zero-order valence-corrected chi connectivity index (χ0v) is 15.2. The summed E-state index contributed by atoms with van der Waals surface area (Å²) in [5.41, 5.74) is 2.42. The van der Waals surface area contributed by atoms with E-state index in [9.17, 15) is 9.59 Å². The third kappa shape index (κ3) is 4.18. The number of aromatic nitrogens is 2. The second kappa shape index (κ2) is 8.45. The van der Waals surface area contributed by atoms with Crippen molar-refractivity contribution in [1.82, 2.24) is 20.2 Å². The van der Waals surface area contributed by atoms with E-state index in [0.29, 0.717) is 18.0 Å². The van der Waals surface area contributed by atoms with Gasteiger partial charge in [0, 0.05) is 24.3 Å². The normalized spacial score (nSPS) is 13.1. The van der Waals surface area contributed by atoms with Gasteiger partial charge in [-0.15, -0.1) is 5.10 Å². The molecule has 0 atom stereocenters. The van der Waals surface area contributed by atoms with Crippen LogP contribution in [0.15, 0.2) is 24.3 Å². The molecule has 8 heteroatoms. The predicted molar refractivity (Wildman–Crippen MR) is 100 cm³/mol. The van der Waals surface area contributed by atoms with Crippen LogP contribution in [0.5, 0.6) is 0 Å². The molecule has 1 aliphatic heterocycles. The maximum atomic E-state index is 12.1. The molecular formula is C18H19N5O2S. The van der Waals surface area contributed by atoms with Gasteiger partial charge in [0.25, 0.3) is 5.91 Å². The molecule has 0 radical (unpaired) electrons. The Bertz CT molecular complexity index is 850. The van der Waals surface area contributed by atoms with Crippen molar-refractivity contribution in [3.63, 3.8) is 0 Å². The van der Waals surface area contributed by atoms with Gasteiger partial charge in [0.1, 0.15) is 4.88 Å². The molecule has 1 fully saturated rings. The highest BCUT2D eigenvalue weighted by Gasteiger charge is 2.20. The zero-order valence-electron chi connectivity index (χ0n) is 14.4. The molecule has 3 amide bonds. The first kappa shape index (κ1) is 17.9. The summed E-state index contributed by atoms with van der Waals surface area (Å²) in [6, 6.07) is 7.39. The Labute approximate surface area is 156 Å². The Morgan fingerprint density at radius 3 is 2.88 bits per heavy atom. The van der Waals surface area contributed by atoms with E-state index < -0.39 is 0 Å². The molecule has 1 aromatic carbocycles. The number of hydrogen-bond acceptors (Lipinski definition) is 5. The van der Waals surface area contributed by atoms with Crippen LogP contribution in [0, 0.1) is 11.8 Å². The summed E-state index contributed by atoms with van der Waals surface area (Å²) >= 11 is 1.11. The van der Waals surface area contributed by atoms with E-state index in [0.717, 1.165) is 41.3 Å². The molecule has 2 heterocycles. The number of nitrogens with one attached hydrogen (secondary N) is 2. The standard InChI is InChI=1S/C18H19N5O2S/c1-2-4-15-16(26-22-21-15)17(24)19-10-3-5-13-6-8-14(9-7-13)23-12-11-20-18(23)25/h6-9H,2,4,10-12H2,1H3,(H,19,24)(H,20,25). The van der Waals surface area contributed by atoms with Crippen LogP contribution in [0.2, 0.25) is 0 Å². The minimum atomic E-state index is -0.187. The lowest BCUT2D eigenvalue weighted by molar-refractivity contribution is 0.0961. The third-order valence-electron chi connectivity index (χ3n) is 3.85. The van der Waals surface area contributed by atoms with Crippen LogP contribution in [-0.2, 0) is 6.42 Å². The fourth-order valence-corrected chi connectivity index (χ4v) is 3.20. The minimum absolute atomic E-state index is 0.0773. The lowest BCUT2D eigenvalue weighted by Crippen LogP contribution is -2.27. The minimum Gasteiger partial charge on any atom is -0.340 e. The molecule has 2 N–H and O–H groups in total. The van der Waals surface area contributed by atoms with Crippen molar-refractivity contribution in [3.8, 4) is 11.8 Å². The maximum Gasteiger partial charge on any atom is 0.321 e. The fraction of sp³-hybridized carbons (Fsp3) is 0.333. The number of nitrogens with zero attached hydrogens (tertiary/aromatic N) is 3. The van der Waals surface area contributed by atoms with E-state index in [4.69, 9.17) is 0 Å². The highest BCUT2D eigenvalue weighted by Crippen LogP contribution is 2.16. The summed E-state index contributed by atoms with van der Waals surface area (Å²) in [4.78, 5) is 26.0. The molecule has 0 spiro atoms. The van der Waals surface area contributed by atoms with Crippen LogP contribution >= 0.6 is 11.5 Å². The molecule has 2 aromatic rings. The van der Waals surface area contributed by atoms with Crippen LogP contribution in [0.25, 0.3) is 0 Å². The van der Waals surface area contributed by atoms with E-state index in [1.807, 2.05) is 31.2 Å². The van der Waals surface area contributed by atoms with Crippen molar-refractivity contribution in [2.24, 2.45) is 0 Å². The third-order valence-corrected chi connectivity index (χ3v) is 4.62. The molecule has 0 bridgehead atoms. The molecule has 1 saturated heterocycles. The maximum absolute atomic E-state index is 12.1. The number of aryl methyl sites for hydroxylation is 1. The van der Waals surface area contributed by atoms with Gasteiger partial charge in [0.2, 0.25) is 0 Å². The Morgan fingerprint density at radius 1 is 1.38 bits per heavy atom. The Morgan fingerprint density at radius 2 is 2.19 bits per heavy atom. The van der Waals surface area contributed by atoms with Gasteiger partial charge in [-0.3, -0.25) is 9.69 Å². The second-order valence-corrected chi connectivity index (χ2v) is 6.47. The zero-order chi connectivity index (χ0) is 18.4. The summed E-state index contributed by atoms with van der Waals surface area (Å²) in [6.45, 7) is 3.62. The van der Waals surface area contributed by atoms with Crippen molar-refractivity contribution in [1.29, 1.82) is 0 Å². The Kier molecular flexibility index (Phi) is 5.81. The van der Waals surface area contributed by atoms with Gasteiger partial charge in [0.15, 0.2) is 0 Å². The van der Waals surface area contributed by atoms with Gasteiger partial charge in [-0.25, -0.2) is 4.79 Å². The van der Waals surface area contributed by atoms with Crippen molar-refractivity contribution in [2.45, 2.75) is 19.8 Å². The lowest BCUT2D eigenvalue weighted by atomic mass is 10.2. The SMILES string of the molecule is CCCc1nnsc1C(=O)NCC#Cc1ccc(N2CCNC2=O)cc1. The van der Waals surface area contributed by atoms with Crippen molar-refractivity contribution >= 4 is 29.2 Å². The van der Waals surface area contributed by atoms with Crippen molar-refractivity contribution < 1.29 is 9.59 Å². The number of hydrogen-bond donors (Lipinski definition) is 2. The molecule has 0 unspecified atom stereocenters. The van der Waals surface area contributed by atoms with E-state index >= 15 is 0 Å². The Balaban J connectivity index is 1.54. The highest BCUT2D eigenvalue weighted by molar-refractivity contribution is 7.08. The number of benzene rings is 1. The number of amides is 3. The number of anilines is 1. The van der Waals surface area contributed by atoms with E-state index in [1.54, 1.807) is 4.90 Å². The molecule has 0 aliphatic carbocycles. The first-order chi connectivity index (χ1) is 12.7. The predicted octanol–water partition coefficient (Wildman–Crippen LogP) is 1.80. The van der Waals surface area contributed by atoms with Gasteiger partial charge in [-0.2, -0.15) is 0 Å². The Hall–Kier alpha value is -2.92. The second-order valence-electron chi connectivity index (χ2n) is 5.71. The molecule has 134 valence electrons. The van der Waals surface area contributed by atoms with Crippen molar-refractivity contribution in [3.05, 3.63) is 40.4 Å². The van der Waals surface area contributed by atoms with Crippen molar-refractivity contribution in [2.75, 3.05) is 24.5 Å². The van der Waals surface area contributed by atoms with E-state index in [2.05, 4.69) is 32.1 Å². The van der Waals surface area contributed by atoms with Crippen LogP contribution in [-0.4, -0.2) is 41.2 Å². The van der Waals surface area contributed by atoms with Gasteiger partial charge in [0.05, 0.1) is 12.2 Å². The quantitative estimate of drug-likeness (QED) is 0.787. The number of rotatable bonds is 5. The lowest BCUT2D eigenvalue weighted by Gasteiger charge is -2.13. The van der Waals surface area contributed by atoms with Gasteiger partial charge in [-0.05, 0) is 42.2 Å². The first-order valence-corrected chi connectivity index (χ1v) is 9.20. The molecular weight excluding hydrogens is 350 g/mol. The average Bonchev–Trinajstić information content (AvgIpc) is 3.28. The number of urea groups is 1. The number of carbonyl (C=O) groups excluding carboxylic acids is 2. The first-order valence-electron chi connectivity index (χ1n) is 8.42. The average molecular weight is 369 g/mol. The van der Waals surface area contributed by atoms with Gasteiger partial charge >= 0.3 is 6.03 Å². The van der Waals surface area contributed by atoms with Gasteiger partial charge in [-0.1, -0.05) is 29.7 Å². The monoisotopic (exact) mass is 369 g/mol. The molecule has 1 aromatic heterocycles. The summed E-state index contributed by atoms with van der Waals surface area (Å²) in [5, 5.41) is 9.53. The highest BCUT2D eigenvalue weighted by atomic mass is 32.1. The van der Waals surface area contributed by atoms with E-state index in [-0.39, 0.29) is 18.5 Å². The molecule has 0 saturated carbocycles. The summed E-state index contributed by atoms with van der Waals surface area (Å²) in [7, 11) is 0. The smallest absolute Gasteiger partial charge is 0.321 e.